The molecule has 5 nitrogen and oxygen atoms in total. The highest BCUT2D eigenvalue weighted by Crippen LogP contribution is 2.25. The highest BCUT2D eigenvalue weighted by atomic mass is 127. The van der Waals surface area contributed by atoms with E-state index in [4.69, 9.17) is 4.74 Å². The Morgan fingerprint density at radius 2 is 2.04 bits per heavy atom. The van der Waals surface area contributed by atoms with Crippen LogP contribution in [-0.2, 0) is 11.3 Å². The minimum absolute atomic E-state index is 0. The van der Waals surface area contributed by atoms with Crippen LogP contribution in [0.3, 0.4) is 0 Å². The van der Waals surface area contributed by atoms with Gasteiger partial charge < -0.3 is 15.0 Å². The van der Waals surface area contributed by atoms with Gasteiger partial charge in [0.05, 0.1) is 13.2 Å². The maximum absolute atomic E-state index is 5.93. The monoisotopic (exact) mass is 486 g/mol. The molecule has 1 aromatic rings. The van der Waals surface area contributed by atoms with Gasteiger partial charge in [0.25, 0.3) is 0 Å². The fourth-order valence-electron chi connectivity index (χ4n) is 3.76. The summed E-state index contributed by atoms with van der Waals surface area (Å²) < 4.78 is 5.93. The third kappa shape index (κ3) is 7.23. The van der Waals surface area contributed by atoms with Gasteiger partial charge in [-0.2, -0.15) is 0 Å². The van der Waals surface area contributed by atoms with Crippen molar-refractivity contribution < 1.29 is 4.74 Å². The molecule has 1 N–H and O–H groups in total. The van der Waals surface area contributed by atoms with Crippen molar-refractivity contribution in [2.24, 2.45) is 10.9 Å². The molecule has 1 saturated heterocycles. The lowest BCUT2D eigenvalue weighted by Gasteiger charge is -2.24. The van der Waals surface area contributed by atoms with Gasteiger partial charge in [-0.1, -0.05) is 37.3 Å². The normalized spacial score (nSPS) is 20.0. The van der Waals surface area contributed by atoms with E-state index in [-0.39, 0.29) is 24.0 Å². The molecule has 1 heterocycles. The number of rotatable bonds is 9. The van der Waals surface area contributed by atoms with Gasteiger partial charge in [0.15, 0.2) is 5.96 Å². The largest absolute Gasteiger partial charge is 0.376 e. The first-order valence-electron chi connectivity index (χ1n) is 10.1. The molecule has 1 aliphatic heterocycles. The molecule has 0 bridgehead atoms. The third-order valence-electron chi connectivity index (χ3n) is 5.41. The Morgan fingerprint density at radius 1 is 1.26 bits per heavy atom. The second-order valence-electron chi connectivity index (χ2n) is 7.44. The number of hydrogen-bond donors (Lipinski definition) is 1. The maximum atomic E-state index is 5.93. The lowest BCUT2D eigenvalue weighted by Crippen LogP contribution is -2.43. The Morgan fingerprint density at radius 3 is 2.70 bits per heavy atom. The number of likely N-dealkylation sites (N-methyl/N-ethyl adjacent to an activating group) is 1. The zero-order chi connectivity index (χ0) is 18.2. The third-order valence-corrected chi connectivity index (χ3v) is 5.41. The number of guanidine groups is 1. The van der Waals surface area contributed by atoms with Gasteiger partial charge in [-0.15, -0.1) is 24.0 Å². The summed E-state index contributed by atoms with van der Waals surface area (Å²) in [5.74, 6) is 1.64. The number of benzene rings is 1. The zero-order valence-electron chi connectivity index (χ0n) is 16.8. The summed E-state index contributed by atoms with van der Waals surface area (Å²) in [5, 5.41) is 3.55. The van der Waals surface area contributed by atoms with Crippen molar-refractivity contribution in [1.82, 2.24) is 15.1 Å². The number of nitrogens with one attached hydrogen (secondary N) is 1. The lowest BCUT2D eigenvalue weighted by atomic mass is 10.1. The predicted octanol–water partition coefficient (Wildman–Crippen LogP) is 3.20. The Labute approximate surface area is 181 Å². The van der Waals surface area contributed by atoms with Crippen LogP contribution in [0.25, 0.3) is 0 Å². The topological polar surface area (TPSA) is 40.1 Å². The Bertz CT molecular complexity index is 565. The number of aliphatic imine (C=N–C) groups is 1. The highest BCUT2D eigenvalue weighted by molar-refractivity contribution is 14.0. The Kier molecular flexibility index (Phi) is 9.86. The maximum Gasteiger partial charge on any atom is 0.193 e. The molecule has 0 amide bonds. The first-order valence-corrected chi connectivity index (χ1v) is 10.1. The number of halogens is 1. The number of hydrogen-bond acceptors (Lipinski definition) is 3. The summed E-state index contributed by atoms with van der Waals surface area (Å²) >= 11 is 0. The first kappa shape index (κ1) is 22.4. The Hall–Kier alpha value is -0.860. The number of likely N-dealkylation sites (tertiary alicyclic amines) is 1. The van der Waals surface area contributed by atoms with E-state index in [1.165, 1.54) is 24.8 Å². The molecule has 1 atom stereocenters. The van der Waals surface area contributed by atoms with Gasteiger partial charge in [-0.3, -0.25) is 9.89 Å². The summed E-state index contributed by atoms with van der Waals surface area (Å²) in [6, 6.07) is 11.2. The molecule has 27 heavy (non-hydrogen) atoms. The molecular weight excluding hydrogens is 451 g/mol. The van der Waals surface area contributed by atoms with Crippen molar-refractivity contribution >= 4 is 29.9 Å². The summed E-state index contributed by atoms with van der Waals surface area (Å²) in [7, 11) is 1.89. The van der Waals surface area contributed by atoms with E-state index in [1.807, 2.05) is 13.1 Å². The molecule has 6 heteroatoms. The van der Waals surface area contributed by atoms with Gasteiger partial charge in [0, 0.05) is 45.2 Å². The van der Waals surface area contributed by atoms with Crippen molar-refractivity contribution in [3.63, 3.8) is 0 Å². The second-order valence-corrected chi connectivity index (χ2v) is 7.44. The second kappa shape index (κ2) is 11.9. The highest BCUT2D eigenvalue weighted by Gasteiger charge is 2.28. The van der Waals surface area contributed by atoms with Crippen LogP contribution < -0.4 is 5.32 Å². The summed E-state index contributed by atoms with van der Waals surface area (Å²) in [5.41, 5.74) is 1.25. The minimum Gasteiger partial charge on any atom is -0.376 e. The van der Waals surface area contributed by atoms with Crippen molar-refractivity contribution in [2.75, 3.05) is 46.4 Å². The standard InChI is InChI=1S/C21H34N4O.HI/c1-3-24(20-9-10-20)14-12-23-21(22-2)25-13-11-19(15-25)17-26-16-18-7-5-4-6-8-18;/h4-8,19-20H,3,9-17H2,1-2H3,(H,22,23);1H. The lowest BCUT2D eigenvalue weighted by molar-refractivity contribution is 0.0906. The van der Waals surface area contributed by atoms with Gasteiger partial charge in [0.1, 0.15) is 0 Å². The molecule has 0 spiro atoms. The first-order chi connectivity index (χ1) is 12.8. The van der Waals surface area contributed by atoms with Crippen LogP contribution in [0, 0.1) is 5.92 Å². The fraction of sp³-hybridized carbons (Fsp3) is 0.667. The quantitative estimate of drug-likeness (QED) is 0.331. The van der Waals surface area contributed by atoms with Gasteiger partial charge in [0.2, 0.25) is 0 Å². The molecular formula is C21H35IN4O. The SMILES string of the molecule is CCN(CCNC(=NC)N1CCC(COCc2ccccc2)C1)C1CC1.I. The summed E-state index contributed by atoms with van der Waals surface area (Å²) in [4.78, 5) is 9.44. The van der Waals surface area contributed by atoms with Crippen molar-refractivity contribution in [2.45, 2.75) is 38.8 Å². The molecule has 1 unspecified atom stereocenters. The van der Waals surface area contributed by atoms with E-state index in [0.717, 1.165) is 51.3 Å². The molecule has 3 rings (SSSR count). The van der Waals surface area contributed by atoms with E-state index in [0.29, 0.717) is 12.5 Å². The van der Waals surface area contributed by atoms with Gasteiger partial charge in [-0.05, 0) is 31.4 Å². The number of ether oxygens (including phenoxy) is 1. The van der Waals surface area contributed by atoms with Crippen LogP contribution in [0.15, 0.2) is 35.3 Å². The minimum atomic E-state index is 0. The molecule has 0 aromatic heterocycles. The van der Waals surface area contributed by atoms with Crippen molar-refractivity contribution in [1.29, 1.82) is 0 Å². The van der Waals surface area contributed by atoms with Crippen molar-refractivity contribution in [3.8, 4) is 0 Å². The fourth-order valence-corrected chi connectivity index (χ4v) is 3.76. The summed E-state index contributed by atoms with van der Waals surface area (Å²) in [6.07, 6.45) is 3.93. The molecule has 1 saturated carbocycles. The average Bonchev–Trinajstić information content (AvgIpc) is 3.41. The van der Waals surface area contributed by atoms with E-state index < -0.39 is 0 Å². The van der Waals surface area contributed by atoms with E-state index >= 15 is 0 Å². The van der Waals surface area contributed by atoms with Gasteiger partial charge in [-0.25, -0.2) is 0 Å². The average molecular weight is 486 g/mol. The van der Waals surface area contributed by atoms with Crippen LogP contribution in [0.4, 0.5) is 0 Å². The van der Waals surface area contributed by atoms with Crippen LogP contribution >= 0.6 is 24.0 Å². The molecule has 2 aliphatic rings. The van der Waals surface area contributed by atoms with Crippen molar-refractivity contribution in [3.05, 3.63) is 35.9 Å². The van der Waals surface area contributed by atoms with Crippen LogP contribution in [0.5, 0.6) is 0 Å². The van der Waals surface area contributed by atoms with Crippen LogP contribution in [-0.4, -0.2) is 68.2 Å². The number of nitrogens with zero attached hydrogens (tertiary/aromatic N) is 3. The molecule has 2 fully saturated rings. The van der Waals surface area contributed by atoms with E-state index in [2.05, 4.69) is 51.3 Å². The predicted molar refractivity (Wildman–Crippen MR) is 123 cm³/mol. The molecule has 1 aromatic carbocycles. The molecule has 152 valence electrons. The smallest absolute Gasteiger partial charge is 0.193 e. The molecule has 1 aliphatic carbocycles. The summed E-state index contributed by atoms with van der Waals surface area (Å²) in [6.45, 7) is 9.13. The van der Waals surface area contributed by atoms with Crippen LogP contribution in [0.2, 0.25) is 0 Å². The zero-order valence-corrected chi connectivity index (χ0v) is 19.1. The van der Waals surface area contributed by atoms with Gasteiger partial charge >= 0.3 is 0 Å². The van der Waals surface area contributed by atoms with E-state index in [1.54, 1.807) is 0 Å². The molecule has 0 radical (unpaired) electrons. The Balaban J connectivity index is 0.00000261. The van der Waals surface area contributed by atoms with Crippen LogP contribution in [0.1, 0.15) is 31.7 Å². The van der Waals surface area contributed by atoms with E-state index in [9.17, 15) is 0 Å².